The summed E-state index contributed by atoms with van der Waals surface area (Å²) in [4.78, 5) is 29.9. The monoisotopic (exact) mass is 506 g/mol. The third-order valence-corrected chi connectivity index (χ3v) is 8.85. The quantitative estimate of drug-likeness (QED) is 0.429. The maximum atomic E-state index is 13.5. The van der Waals surface area contributed by atoms with Gasteiger partial charge >= 0.3 is 0 Å². The van der Waals surface area contributed by atoms with E-state index in [0.29, 0.717) is 18.4 Å². The molecule has 1 saturated carbocycles. The molecule has 0 radical (unpaired) electrons. The van der Waals surface area contributed by atoms with E-state index in [0.717, 1.165) is 79.7 Å². The number of nitrogens with one attached hydrogen (secondary N) is 1. The van der Waals surface area contributed by atoms with Gasteiger partial charge in [-0.15, -0.1) is 0 Å². The number of benzene rings is 1. The van der Waals surface area contributed by atoms with Crippen LogP contribution in [0, 0.1) is 11.3 Å². The first kappa shape index (κ1) is 23.1. The van der Waals surface area contributed by atoms with Crippen LogP contribution < -0.4 is 0 Å². The molecule has 192 valence electrons. The molecule has 3 aliphatic rings. The molecular formula is C29H30N8O. The summed E-state index contributed by atoms with van der Waals surface area (Å²) in [5.74, 6) is 0.301. The Morgan fingerprint density at radius 3 is 2.63 bits per heavy atom. The van der Waals surface area contributed by atoms with Gasteiger partial charge in [0.05, 0.1) is 29.8 Å². The molecule has 38 heavy (non-hydrogen) atoms. The lowest BCUT2D eigenvalue weighted by Crippen LogP contribution is -2.66. The summed E-state index contributed by atoms with van der Waals surface area (Å²) < 4.78 is 1.97. The zero-order valence-electron chi connectivity index (χ0n) is 21.3. The number of hydrogen-bond donors (Lipinski definition) is 1. The van der Waals surface area contributed by atoms with Gasteiger partial charge in [-0.2, -0.15) is 10.4 Å². The van der Waals surface area contributed by atoms with Crippen LogP contribution in [0.3, 0.4) is 0 Å². The molecule has 1 aliphatic carbocycles. The van der Waals surface area contributed by atoms with Crippen LogP contribution in [-0.2, 0) is 15.7 Å². The molecule has 1 N–H and O–H groups in total. The van der Waals surface area contributed by atoms with Gasteiger partial charge in [0.15, 0.2) is 0 Å². The second kappa shape index (κ2) is 8.77. The minimum absolute atomic E-state index is 0.291. The van der Waals surface area contributed by atoms with E-state index in [4.69, 9.17) is 0 Å². The van der Waals surface area contributed by atoms with E-state index in [9.17, 15) is 10.1 Å². The van der Waals surface area contributed by atoms with E-state index < -0.39 is 0 Å². The number of piperidine rings is 1. The van der Waals surface area contributed by atoms with Crippen LogP contribution in [0.2, 0.25) is 0 Å². The summed E-state index contributed by atoms with van der Waals surface area (Å²) >= 11 is 0. The molecule has 3 fully saturated rings. The van der Waals surface area contributed by atoms with Crippen LogP contribution in [0.15, 0.2) is 61.3 Å². The molecule has 9 nitrogen and oxygen atoms in total. The van der Waals surface area contributed by atoms with E-state index >= 15 is 0 Å². The molecule has 2 aliphatic heterocycles. The maximum Gasteiger partial charge on any atom is 0.233 e. The van der Waals surface area contributed by atoms with Crippen molar-refractivity contribution in [3.05, 3.63) is 66.9 Å². The standard InChI is InChI=1S/C29H30N8O/c30-12-11-28(37-17-21(16-34-37)25-24-6-13-31-26(24)33-20-32-25)18-36(19-28)23-7-14-35(15-8-23)27(38)29(9-10-29)22-4-2-1-3-5-22/h1-6,13,16-17,20,23H,7-11,14-15,18-19H2,(H,31,32,33). The number of aromatic nitrogens is 5. The highest BCUT2D eigenvalue weighted by Gasteiger charge is 2.54. The Hall–Kier alpha value is -4.03. The first-order valence-corrected chi connectivity index (χ1v) is 13.4. The van der Waals surface area contributed by atoms with E-state index in [1.54, 1.807) is 6.33 Å². The normalized spacial score (nSPS) is 20.7. The first-order chi connectivity index (χ1) is 18.6. The number of aromatic amines is 1. The van der Waals surface area contributed by atoms with Crippen molar-refractivity contribution in [1.29, 1.82) is 5.26 Å². The van der Waals surface area contributed by atoms with E-state index in [1.165, 1.54) is 0 Å². The van der Waals surface area contributed by atoms with E-state index in [2.05, 4.69) is 48.1 Å². The molecule has 0 atom stereocenters. The van der Waals surface area contributed by atoms with Crippen LogP contribution in [0.25, 0.3) is 22.3 Å². The fourth-order valence-corrected chi connectivity index (χ4v) is 6.50. The predicted molar refractivity (Wildman–Crippen MR) is 142 cm³/mol. The van der Waals surface area contributed by atoms with Crippen molar-refractivity contribution in [3.8, 4) is 17.3 Å². The van der Waals surface area contributed by atoms with Crippen molar-refractivity contribution < 1.29 is 4.79 Å². The van der Waals surface area contributed by atoms with Gasteiger partial charge in [-0.25, -0.2) is 9.97 Å². The van der Waals surface area contributed by atoms with Gasteiger partial charge in [0, 0.05) is 55.6 Å². The van der Waals surface area contributed by atoms with Crippen molar-refractivity contribution in [1.82, 2.24) is 34.5 Å². The van der Waals surface area contributed by atoms with Gasteiger partial charge in [-0.05, 0) is 37.3 Å². The number of nitrogens with zero attached hydrogens (tertiary/aromatic N) is 7. The fraction of sp³-hybridized carbons (Fsp3) is 0.414. The second-order valence-electron chi connectivity index (χ2n) is 11.1. The number of carbonyl (C=O) groups is 1. The zero-order chi connectivity index (χ0) is 25.7. The Labute approximate surface area is 221 Å². The number of amides is 1. The van der Waals surface area contributed by atoms with Crippen molar-refractivity contribution in [2.45, 2.75) is 49.1 Å². The molecule has 4 aromatic rings. The molecule has 2 saturated heterocycles. The number of likely N-dealkylation sites (tertiary alicyclic amines) is 2. The number of hydrogen-bond acceptors (Lipinski definition) is 6. The van der Waals surface area contributed by atoms with Gasteiger partial charge in [-0.1, -0.05) is 30.3 Å². The minimum Gasteiger partial charge on any atom is -0.346 e. The van der Waals surface area contributed by atoms with Crippen LogP contribution in [-0.4, -0.2) is 72.7 Å². The Bertz CT molecular complexity index is 1510. The summed E-state index contributed by atoms with van der Waals surface area (Å²) in [6, 6.07) is 15.1. The predicted octanol–water partition coefficient (Wildman–Crippen LogP) is 3.47. The lowest BCUT2D eigenvalue weighted by molar-refractivity contribution is -0.136. The lowest BCUT2D eigenvalue weighted by atomic mass is 9.83. The second-order valence-corrected chi connectivity index (χ2v) is 11.1. The molecule has 3 aromatic heterocycles. The Kier molecular flexibility index (Phi) is 5.34. The topological polar surface area (TPSA) is 107 Å². The first-order valence-electron chi connectivity index (χ1n) is 13.4. The summed E-state index contributed by atoms with van der Waals surface area (Å²) in [5.41, 5.74) is 3.09. The number of rotatable bonds is 6. The van der Waals surface area contributed by atoms with Crippen molar-refractivity contribution in [2.24, 2.45) is 0 Å². The third-order valence-electron chi connectivity index (χ3n) is 8.85. The smallest absolute Gasteiger partial charge is 0.233 e. The van der Waals surface area contributed by atoms with Gasteiger partial charge in [0.2, 0.25) is 5.91 Å². The average molecular weight is 507 g/mol. The molecule has 9 heteroatoms. The number of fused-ring (bicyclic) bond motifs is 1. The zero-order valence-corrected chi connectivity index (χ0v) is 21.3. The Balaban J connectivity index is 1.02. The number of H-pyrrole nitrogens is 1. The molecule has 1 amide bonds. The van der Waals surface area contributed by atoms with E-state index in [1.807, 2.05) is 47.5 Å². The van der Waals surface area contributed by atoms with Crippen LogP contribution >= 0.6 is 0 Å². The maximum absolute atomic E-state index is 13.5. The molecule has 7 rings (SSSR count). The third kappa shape index (κ3) is 3.63. The van der Waals surface area contributed by atoms with Crippen molar-refractivity contribution in [2.75, 3.05) is 26.2 Å². The van der Waals surface area contributed by atoms with Gasteiger partial charge < -0.3 is 9.88 Å². The Morgan fingerprint density at radius 2 is 1.89 bits per heavy atom. The average Bonchev–Trinajstić information content (AvgIpc) is 3.35. The van der Waals surface area contributed by atoms with Crippen LogP contribution in [0.1, 0.15) is 37.7 Å². The van der Waals surface area contributed by atoms with Gasteiger partial charge in [0.25, 0.3) is 0 Å². The van der Waals surface area contributed by atoms with Crippen molar-refractivity contribution in [3.63, 3.8) is 0 Å². The summed E-state index contributed by atoms with van der Waals surface area (Å²) in [7, 11) is 0. The van der Waals surface area contributed by atoms with E-state index in [-0.39, 0.29) is 11.0 Å². The molecule has 5 heterocycles. The number of carbonyl (C=O) groups excluding carboxylic acids is 1. The van der Waals surface area contributed by atoms with Crippen LogP contribution in [0.5, 0.6) is 0 Å². The molecule has 0 unspecified atom stereocenters. The summed E-state index contributed by atoms with van der Waals surface area (Å²) in [6.45, 7) is 3.17. The SMILES string of the molecule is N#CCC1(n2cc(-c3ncnc4[nH]ccc34)cn2)CN(C2CCN(C(=O)C3(c4ccccc4)CC3)CC2)C1. The molecular weight excluding hydrogens is 476 g/mol. The molecule has 0 bridgehead atoms. The van der Waals surface area contributed by atoms with Gasteiger partial charge in [0.1, 0.15) is 17.5 Å². The number of nitriles is 1. The highest BCUT2D eigenvalue weighted by molar-refractivity contribution is 5.91. The highest BCUT2D eigenvalue weighted by Crippen LogP contribution is 2.50. The molecule has 0 spiro atoms. The van der Waals surface area contributed by atoms with Crippen LogP contribution in [0.4, 0.5) is 0 Å². The lowest BCUT2D eigenvalue weighted by Gasteiger charge is -2.53. The minimum atomic E-state index is -0.338. The van der Waals surface area contributed by atoms with Gasteiger partial charge in [-0.3, -0.25) is 14.4 Å². The summed E-state index contributed by atoms with van der Waals surface area (Å²) in [6.07, 6.45) is 11.5. The molecule has 1 aromatic carbocycles. The Morgan fingerprint density at radius 1 is 1.11 bits per heavy atom. The van der Waals surface area contributed by atoms with Crippen molar-refractivity contribution >= 4 is 16.9 Å². The fourth-order valence-electron chi connectivity index (χ4n) is 6.50. The highest BCUT2D eigenvalue weighted by atomic mass is 16.2. The largest absolute Gasteiger partial charge is 0.346 e. The summed E-state index contributed by atoms with van der Waals surface area (Å²) in [5, 5.41) is 15.3.